The number of pyridine rings is 2. The highest BCUT2D eigenvalue weighted by atomic mass is 16.5. The maximum absolute atomic E-state index is 6.94. The van der Waals surface area contributed by atoms with Crippen molar-refractivity contribution in [2.75, 3.05) is 26.3 Å². The monoisotopic (exact) mass is 579 g/mol. The fourth-order valence-corrected chi connectivity index (χ4v) is 5.52. The van der Waals surface area contributed by atoms with E-state index in [1.54, 1.807) is 0 Å². The molecule has 4 atom stereocenters. The van der Waals surface area contributed by atoms with Gasteiger partial charge in [0.15, 0.2) is 18.0 Å². The predicted octanol–water partition coefficient (Wildman–Crippen LogP) is 6.77. The topological polar surface area (TPSA) is 81.4 Å². The first kappa shape index (κ1) is 29.2. The molecule has 0 radical (unpaired) electrons. The lowest BCUT2D eigenvalue weighted by Gasteiger charge is -2.33. The molecule has 2 aliphatic heterocycles. The van der Waals surface area contributed by atoms with Crippen molar-refractivity contribution in [3.8, 4) is 0 Å². The molecule has 2 unspecified atom stereocenters. The van der Waals surface area contributed by atoms with Crippen LogP contribution in [0, 0.1) is 11.8 Å². The molecular weight excluding hydrogens is 538 g/mol. The van der Waals surface area contributed by atoms with Crippen molar-refractivity contribution in [2.45, 2.75) is 59.0 Å². The first-order valence-corrected chi connectivity index (χ1v) is 15.3. The standard InChI is InChI=1S/C35H41N5O3/c1-22(2)29-20-41-31(37-29)18-40(19-32-38-30(21-42-32)23(3)4)35(43-24(5)25-10-7-6-8-11-25)28-16-15-27-14-13-26-12-9-17-36-33(26)34(27)39-28/h6-17,22-24,29-30,35H,18-21H2,1-5H3/t24?,29-,30-,35?/m0/s1. The molecule has 0 bridgehead atoms. The average Bonchev–Trinajstić information content (AvgIpc) is 3.70. The molecule has 2 aromatic heterocycles. The van der Waals surface area contributed by atoms with Gasteiger partial charge >= 0.3 is 0 Å². The molecule has 6 rings (SSSR count). The summed E-state index contributed by atoms with van der Waals surface area (Å²) in [5, 5.41) is 2.08. The van der Waals surface area contributed by atoms with E-state index in [1.807, 2.05) is 30.5 Å². The largest absolute Gasteiger partial charge is 0.478 e. The quantitative estimate of drug-likeness (QED) is 0.144. The van der Waals surface area contributed by atoms with Gasteiger partial charge in [0.05, 0.1) is 48.0 Å². The third kappa shape index (κ3) is 6.55. The summed E-state index contributed by atoms with van der Waals surface area (Å²) in [6.07, 6.45) is 1.07. The number of rotatable bonds is 11. The molecule has 4 heterocycles. The number of ether oxygens (including phenoxy) is 3. The van der Waals surface area contributed by atoms with Crippen LogP contribution in [0.15, 0.2) is 82.9 Å². The Bertz CT molecular complexity index is 1580. The number of aromatic nitrogens is 2. The normalized spacial score (nSPS) is 20.0. The smallest absolute Gasteiger partial charge is 0.198 e. The summed E-state index contributed by atoms with van der Waals surface area (Å²) in [4.78, 5) is 22.0. The van der Waals surface area contributed by atoms with E-state index in [0.29, 0.717) is 49.9 Å². The lowest BCUT2D eigenvalue weighted by Crippen LogP contribution is -2.40. The van der Waals surface area contributed by atoms with Crippen LogP contribution in [0.4, 0.5) is 0 Å². The molecule has 0 amide bonds. The minimum atomic E-state index is -0.535. The number of hydrogen-bond donors (Lipinski definition) is 0. The maximum atomic E-state index is 6.94. The van der Waals surface area contributed by atoms with E-state index in [-0.39, 0.29) is 18.2 Å². The fraction of sp³-hybridized carbons (Fsp3) is 0.429. The van der Waals surface area contributed by atoms with Gasteiger partial charge < -0.3 is 14.2 Å². The Morgan fingerprint density at radius 2 is 1.35 bits per heavy atom. The van der Waals surface area contributed by atoms with Crippen LogP contribution in [-0.4, -0.2) is 65.1 Å². The molecule has 8 heteroatoms. The van der Waals surface area contributed by atoms with Crippen molar-refractivity contribution in [1.82, 2.24) is 14.9 Å². The Morgan fingerprint density at radius 3 is 1.95 bits per heavy atom. The lowest BCUT2D eigenvalue weighted by molar-refractivity contribution is -0.0927. The Kier molecular flexibility index (Phi) is 8.68. The predicted molar refractivity (Wildman–Crippen MR) is 171 cm³/mol. The molecule has 0 saturated heterocycles. The zero-order valence-corrected chi connectivity index (χ0v) is 25.7. The zero-order valence-electron chi connectivity index (χ0n) is 25.7. The summed E-state index contributed by atoms with van der Waals surface area (Å²) < 4.78 is 19.2. The van der Waals surface area contributed by atoms with Gasteiger partial charge in [0.1, 0.15) is 13.2 Å². The highest BCUT2D eigenvalue weighted by Gasteiger charge is 2.33. The number of hydrogen-bond acceptors (Lipinski definition) is 8. The van der Waals surface area contributed by atoms with Gasteiger partial charge in [-0.2, -0.15) is 0 Å². The van der Waals surface area contributed by atoms with Crippen LogP contribution in [0.3, 0.4) is 0 Å². The molecule has 224 valence electrons. The van der Waals surface area contributed by atoms with E-state index in [1.165, 1.54) is 0 Å². The van der Waals surface area contributed by atoms with Crippen molar-refractivity contribution in [1.29, 1.82) is 0 Å². The second-order valence-electron chi connectivity index (χ2n) is 12.2. The summed E-state index contributed by atoms with van der Waals surface area (Å²) >= 11 is 0. The minimum absolute atomic E-state index is 0.140. The summed E-state index contributed by atoms with van der Waals surface area (Å²) in [5.41, 5.74) is 3.59. The highest BCUT2D eigenvalue weighted by Crippen LogP contribution is 2.32. The number of nitrogens with zero attached hydrogens (tertiary/aromatic N) is 5. The molecule has 0 saturated carbocycles. The van der Waals surface area contributed by atoms with Crippen LogP contribution in [-0.2, 0) is 14.2 Å². The molecular formula is C35H41N5O3. The zero-order chi connectivity index (χ0) is 29.9. The molecule has 4 aromatic rings. The van der Waals surface area contributed by atoms with Crippen molar-refractivity contribution >= 4 is 33.6 Å². The van der Waals surface area contributed by atoms with Gasteiger partial charge in [-0.3, -0.25) is 9.88 Å². The van der Waals surface area contributed by atoms with E-state index >= 15 is 0 Å². The third-order valence-corrected chi connectivity index (χ3v) is 8.32. The minimum Gasteiger partial charge on any atom is -0.478 e. The lowest BCUT2D eigenvalue weighted by atomic mass is 10.1. The number of aliphatic imine (C=N–C) groups is 2. The van der Waals surface area contributed by atoms with Gasteiger partial charge in [0.2, 0.25) is 0 Å². The number of benzene rings is 2. The summed E-state index contributed by atoms with van der Waals surface area (Å²) in [6.45, 7) is 12.8. The first-order chi connectivity index (χ1) is 20.9. The Labute approximate surface area is 253 Å². The fourth-order valence-electron chi connectivity index (χ4n) is 5.52. The van der Waals surface area contributed by atoms with E-state index in [2.05, 4.69) is 87.0 Å². The maximum Gasteiger partial charge on any atom is 0.198 e. The summed E-state index contributed by atoms with van der Waals surface area (Å²) in [7, 11) is 0. The SMILES string of the molecule is CC(OC(c1ccc2ccc3cccnc3c2n1)N(CC1=N[C@H](C(C)C)CO1)CC1=N[C@H](C(C)C)CO1)c1ccccc1. The molecule has 0 fully saturated rings. The third-order valence-electron chi connectivity index (χ3n) is 8.32. The highest BCUT2D eigenvalue weighted by molar-refractivity contribution is 6.02. The van der Waals surface area contributed by atoms with Crippen LogP contribution in [0.1, 0.15) is 58.2 Å². The second-order valence-corrected chi connectivity index (χ2v) is 12.2. The van der Waals surface area contributed by atoms with Crippen LogP contribution < -0.4 is 0 Å². The van der Waals surface area contributed by atoms with E-state index in [4.69, 9.17) is 29.2 Å². The van der Waals surface area contributed by atoms with Crippen LogP contribution in [0.25, 0.3) is 21.8 Å². The van der Waals surface area contributed by atoms with Gasteiger partial charge in [-0.1, -0.05) is 82.3 Å². The molecule has 8 nitrogen and oxygen atoms in total. The first-order valence-electron chi connectivity index (χ1n) is 15.3. The van der Waals surface area contributed by atoms with E-state index in [9.17, 15) is 0 Å². The number of fused-ring (bicyclic) bond motifs is 3. The van der Waals surface area contributed by atoms with Crippen LogP contribution in [0.2, 0.25) is 0 Å². The molecule has 2 aliphatic rings. The van der Waals surface area contributed by atoms with Crippen molar-refractivity contribution < 1.29 is 14.2 Å². The molecule has 0 spiro atoms. The van der Waals surface area contributed by atoms with E-state index < -0.39 is 6.23 Å². The molecule has 43 heavy (non-hydrogen) atoms. The Hall–Kier alpha value is -3.88. The van der Waals surface area contributed by atoms with Crippen molar-refractivity contribution in [3.63, 3.8) is 0 Å². The van der Waals surface area contributed by atoms with Gasteiger partial charge in [-0.25, -0.2) is 15.0 Å². The van der Waals surface area contributed by atoms with Crippen LogP contribution >= 0.6 is 0 Å². The molecule has 0 aliphatic carbocycles. The average molecular weight is 580 g/mol. The second kappa shape index (κ2) is 12.8. The Balaban J connectivity index is 1.43. The summed E-state index contributed by atoms with van der Waals surface area (Å²) in [6, 6.07) is 22.9. The molecule has 2 aromatic carbocycles. The summed E-state index contributed by atoms with van der Waals surface area (Å²) in [5.74, 6) is 2.19. The van der Waals surface area contributed by atoms with Gasteiger partial charge in [0, 0.05) is 17.0 Å². The van der Waals surface area contributed by atoms with Crippen molar-refractivity contribution in [3.05, 3.63) is 84.2 Å². The Morgan fingerprint density at radius 1 is 0.744 bits per heavy atom. The van der Waals surface area contributed by atoms with Gasteiger partial charge in [0.25, 0.3) is 0 Å². The van der Waals surface area contributed by atoms with Crippen LogP contribution in [0.5, 0.6) is 0 Å². The molecule has 0 N–H and O–H groups in total. The van der Waals surface area contributed by atoms with Gasteiger partial charge in [-0.05, 0) is 36.5 Å². The van der Waals surface area contributed by atoms with Gasteiger partial charge in [-0.15, -0.1) is 0 Å². The van der Waals surface area contributed by atoms with E-state index in [0.717, 1.165) is 33.1 Å². The van der Waals surface area contributed by atoms with Crippen molar-refractivity contribution in [2.24, 2.45) is 21.8 Å².